The van der Waals surface area contributed by atoms with Gasteiger partial charge in [-0.25, -0.2) is 9.18 Å². The van der Waals surface area contributed by atoms with Crippen LogP contribution in [0, 0.1) is 5.82 Å². The first-order valence-electron chi connectivity index (χ1n) is 7.42. The number of hydrogen-bond acceptors (Lipinski definition) is 5. The number of amides is 2. The lowest BCUT2D eigenvalue weighted by Crippen LogP contribution is -2.30. The lowest BCUT2D eigenvalue weighted by molar-refractivity contribution is -0.122. The molecule has 0 atom stereocenters. The Labute approximate surface area is 138 Å². The maximum absolute atomic E-state index is 13.0. The van der Waals surface area contributed by atoms with E-state index in [2.05, 4.69) is 20.8 Å². The molecular weight excluding hydrogens is 317 g/mol. The van der Waals surface area contributed by atoms with Gasteiger partial charge in [0.15, 0.2) is 5.82 Å². The fraction of sp³-hybridized carbons (Fsp3) is 0.333. The van der Waals surface area contributed by atoms with Crippen molar-refractivity contribution in [1.82, 2.24) is 20.3 Å². The molecule has 0 saturated carbocycles. The summed E-state index contributed by atoms with van der Waals surface area (Å²) in [7, 11) is 0. The van der Waals surface area contributed by atoms with Crippen molar-refractivity contribution in [3.8, 4) is 0 Å². The second kappa shape index (κ2) is 8.61. The van der Waals surface area contributed by atoms with Crippen molar-refractivity contribution in [1.29, 1.82) is 0 Å². The Morgan fingerprint density at radius 2 is 2.21 bits per heavy atom. The van der Waals surface area contributed by atoms with Gasteiger partial charge >= 0.3 is 6.09 Å². The number of halogens is 1. The van der Waals surface area contributed by atoms with Gasteiger partial charge in [-0.1, -0.05) is 12.1 Å². The van der Waals surface area contributed by atoms with E-state index in [9.17, 15) is 14.0 Å². The van der Waals surface area contributed by atoms with Crippen LogP contribution in [0.3, 0.4) is 0 Å². The molecule has 0 bridgehead atoms. The third kappa shape index (κ3) is 5.67. The zero-order valence-corrected chi connectivity index (χ0v) is 13.2. The summed E-state index contributed by atoms with van der Waals surface area (Å²) in [6, 6.07) is 6.21. The number of nitrogens with zero attached hydrogens (tertiary/aromatic N) is 3. The van der Waals surface area contributed by atoms with E-state index in [-0.39, 0.29) is 30.7 Å². The highest BCUT2D eigenvalue weighted by Gasteiger charge is 2.09. The second-order valence-corrected chi connectivity index (χ2v) is 4.84. The van der Waals surface area contributed by atoms with Crippen molar-refractivity contribution in [2.24, 2.45) is 0 Å². The molecule has 1 heterocycles. The lowest BCUT2D eigenvalue weighted by Gasteiger charge is -2.05. The van der Waals surface area contributed by atoms with Crippen molar-refractivity contribution in [2.75, 3.05) is 18.5 Å². The molecule has 2 N–H and O–H groups in total. The highest BCUT2D eigenvalue weighted by atomic mass is 19.1. The summed E-state index contributed by atoms with van der Waals surface area (Å²) < 4.78 is 17.7. The number of rotatable bonds is 7. The second-order valence-electron chi connectivity index (χ2n) is 4.84. The first kappa shape index (κ1) is 17.4. The predicted octanol–water partition coefficient (Wildman–Crippen LogP) is 1.34. The highest BCUT2D eigenvalue weighted by molar-refractivity contribution is 5.83. The number of anilines is 1. The summed E-state index contributed by atoms with van der Waals surface area (Å²) >= 11 is 0. The Kier molecular flexibility index (Phi) is 6.23. The normalized spacial score (nSPS) is 10.2. The third-order valence-electron chi connectivity index (χ3n) is 2.95. The molecule has 1 aromatic heterocycles. The van der Waals surface area contributed by atoms with Gasteiger partial charge < -0.3 is 10.1 Å². The van der Waals surface area contributed by atoms with Gasteiger partial charge in [-0.05, 0) is 31.0 Å². The first-order valence-corrected chi connectivity index (χ1v) is 7.42. The topological polar surface area (TPSA) is 98.1 Å². The maximum Gasteiger partial charge on any atom is 0.412 e. The summed E-state index contributed by atoms with van der Waals surface area (Å²) in [5, 5.41) is 12.9. The van der Waals surface area contributed by atoms with Crippen LogP contribution in [-0.2, 0) is 22.5 Å². The van der Waals surface area contributed by atoms with Gasteiger partial charge in [0.25, 0.3) is 0 Å². The summed E-state index contributed by atoms with van der Waals surface area (Å²) in [6.45, 7) is 2.21. The van der Waals surface area contributed by atoms with Gasteiger partial charge in [0.05, 0.1) is 12.8 Å². The van der Waals surface area contributed by atoms with E-state index >= 15 is 0 Å². The van der Waals surface area contributed by atoms with Crippen molar-refractivity contribution in [3.05, 3.63) is 41.8 Å². The fourth-order valence-corrected chi connectivity index (χ4v) is 1.93. The zero-order valence-electron chi connectivity index (χ0n) is 13.2. The molecule has 0 fully saturated rings. The number of nitrogens with one attached hydrogen (secondary N) is 2. The molecule has 8 nitrogen and oxygen atoms in total. The number of carbonyl (C=O) groups excluding carboxylic acids is 2. The number of aromatic nitrogens is 3. The lowest BCUT2D eigenvalue weighted by atomic mass is 10.1. The van der Waals surface area contributed by atoms with Crippen LogP contribution in [0.15, 0.2) is 30.5 Å². The minimum atomic E-state index is -0.635. The van der Waals surface area contributed by atoms with Crippen LogP contribution < -0.4 is 10.6 Å². The SMILES string of the molecule is CCOC(=O)Nc1cnn(CC(=O)NCCc2cccc(F)c2)n1. The minimum Gasteiger partial charge on any atom is -0.450 e. The Morgan fingerprint density at radius 1 is 1.38 bits per heavy atom. The molecule has 128 valence electrons. The van der Waals surface area contributed by atoms with Crippen molar-refractivity contribution in [2.45, 2.75) is 19.9 Å². The molecule has 2 rings (SSSR count). The molecule has 0 unspecified atom stereocenters. The molecule has 0 saturated heterocycles. The van der Waals surface area contributed by atoms with Crippen molar-refractivity contribution < 1.29 is 18.7 Å². The van der Waals surface area contributed by atoms with Crippen LogP contribution >= 0.6 is 0 Å². The van der Waals surface area contributed by atoms with Gasteiger partial charge in [0.2, 0.25) is 5.91 Å². The van der Waals surface area contributed by atoms with E-state index in [0.717, 1.165) is 10.4 Å². The summed E-state index contributed by atoms with van der Waals surface area (Å²) in [4.78, 5) is 24.2. The summed E-state index contributed by atoms with van der Waals surface area (Å²) in [6.07, 6.45) is 1.20. The Balaban J connectivity index is 1.74. The average molecular weight is 335 g/mol. The molecule has 0 radical (unpaired) electrons. The Bertz CT molecular complexity index is 704. The molecule has 0 spiro atoms. The van der Waals surface area contributed by atoms with E-state index in [1.807, 2.05) is 0 Å². The van der Waals surface area contributed by atoms with Crippen LogP contribution in [0.2, 0.25) is 0 Å². The number of carbonyl (C=O) groups is 2. The van der Waals surface area contributed by atoms with E-state index < -0.39 is 6.09 Å². The van der Waals surface area contributed by atoms with Gasteiger partial charge in [-0.2, -0.15) is 9.90 Å². The molecule has 0 aliphatic rings. The van der Waals surface area contributed by atoms with E-state index in [1.54, 1.807) is 19.1 Å². The van der Waals surface area contributed by atoms with Crippen molar-refractivity contribution >= 4 is 17.8 Å². The molecule has 2 aromatic rings. The van der Waals surface area contributed by atoms with Gasteiger partial charge in [-0.3, -0.25) is 10.1 Å². The smallest absolute Gasteiger partial charge is 0.412 e. The summed E-state index contributed by atoms with van der Waals surface area (Å²) in [5.74, 6) is -0.396. The highest BCUT2D eigenvalue weighted by Crippen LogP contribution is 2.03. The molecule has 1 aromatic carbocycles. The maximum atomic E-state index is 13.0. The molecule has 0 aliphatic heterocycles. The molecule has 2 amide bonds. The van der Waals surface area contributed by atoms with Crippen LogP contribution in [0.4, 0.5) is 15.0 Å². The Hall–Kier alpha value is -2.97. The van der Waals surface area contributed by atoms with Gasteiger partial charge in [0.1, 0.15) is 12.4 Å². The van der Waals surface area contributed by atoms with E-state index in [4.69, 9.17) is 4.74 Å². The minimum absolute atomic E-state index is 0.0896. The molecule has 24 heavy (non-hydrogen) atoms. The zero-order chi connectivity index (χ0) is 17.4. The molecule has 9 heteroatoms. The fourth-order valence-electron chi connectivity index (χ4n) is 1.93. The third-order valence-corrected chi connectivity index (χ3v) is 2.95. The van der Waals surface area contributed by atoms with Crippen molar-refractivity contribution in [3.63, 3.8) is 0 Å². The Morgan fingerprint density at radius 3 is 2.96 bits per heavy atom. The van der Waals surface area contributed by atoms with Gasteiger partial charge in [-0.15, -0.1) is 5.10 Å². The monoisotopic (exact) mass is 335 g/mol. The summed E-state index contributed by atoms with van der Waals surface area (Å²) in [5.41, 5.74) is 0.799. The van der Waals surface area contributed by atoms with Crippen LogP contribution in [0.1, 0.15) is 12.5 Å². The standard InChI is InChI=1S/C15H18FN5O3/c1-2-24-15(23)19-13-9-18-21(20-13)10-14(22)17-7-6-11-4-3-5-12(16)8-11/h3-5,8-9H,2,6-7,10H2,1H3,(H,17,22)(H,19,20,23). The predicted molar refractivity (Wildman–Crippen MR) is 83.8 cm³/mol. The number of hydrogen-bond donors (Lipinski definition) is 2. The largest absolute Gasteiger partial charge is 0.450 e. The quantitative estimate of drug-likeness (QED) is 0.796. The van der Waals surface area contributed by atoms with Crippen LogP contribution in [0.5, 0.6) is 0 Å². The van der Waals surface area contributed by atoms with E-state index in [1.165, 1.54) is 18.3 Å². The molecule has 0 aliphatic carbocycles. The van der Waals surface area contributed by atoms with Gasteiger partial charge in [0, 0.05) is 6.54 Å². The van der Waals surface area contributed by atoms with Crippen LogP contribution in [0.25, 0.3) is 0 Å². The van der Waals surface area contributed by atoms with Crippen LogP contribution in [-0.4, -0.2) is 40.1 Å². The first-order chi connectivity index (χ1) is 11.6. The number of benzene rings is 1. The number of ether oxygens (including phenoxy) is 1. The molecular formula is C15H18FN5O3. The average Bonchev–Trinajstić information content (AvgIpc) is 2.94. The van der Waals surface area contributed by atoms with E-state index in [0.29, 0.717) is 13.0 Å².